The van der Waals surface area contributed by atoms with Gasteiger partial charge in [0.05, 0.1) is 17.5 Å². The molecule has 2 amide bonds. The monoisotopic (exact) mass is 953 g/mol. The van der Waals surface area contributed by atoms with E-state index in [4.69, 9.17) is 4.74 Å². The van der Waals surface area contributed by atoms with Gasteiger partial charge in [-0.1, -0.05) is 108 Å². The number of tetrazole rings is 1. The molecule has 378 valence electrons. The summed E-state index contributed by atoms with van der Waals surface area (Å²) in [5.74, 6) is -3.86. The van der Waals surface area contributed by atoms with Crippen molar-refractivity contribution in [3.05, 3.63) is 77.6 Å². The SMILES string of the molecule is CCCC(CC(=O)C1[C@H]2CCCC2CN1C(=O)[C@@H](NC(=O)[C@@H](CC(=O)CCCCc1nnnn1C(C)(C)c1ccccc1)C(C)C)C(C)C)C(O)C(=O)C[C@H](Cc1ccccc1)C(=O)OC(C)(C)C. The molecule has 4 unspecified atom stereocenters. The molecule has 0 spiro atoms. The lowest BCUT2D eigenvalue weighted by Gasteiger charge is -2.34. The summed E-state index contributed by atoms with van der Waals surface area (Å²) in [5, 5.41) is 27.2. The molecule has 1 saturated heterocycles. The van der Waals surface area contributed by atoms with Crippen molar-refractivity contribution in [2.24, 2.45) is 41.4 Å². The van der Waals surface area contributed by atoms with Gasteiger partial charge in [-0.15, -0.1) is 5.10 Å². The number of nitrogens with one attached hydrogen (secondary N) is 1. The van der Waals surface area contributed by atoms with Crippen molar-refractivity contribution in [1.82, 2.24) is 30.4 Å². The molecule has 5 rings (SSSR count). The highest BCUT2D eigenvalue weighted by Gasteiger charge is 2.51. The highest BCUT2D eigenvalue weighted by Crippen LogP contribution is 2.44. The summed E-state index contributed by atoms with van der Waals surface area (Å²) in [6.07, 6.45) is 4.25. The fraction of sp³-hybridized carbons (Fsp3) is 0.655. The molecule has 0 bridgehead atoms. The highest BCUT2D eigenvalue weighted by molar-refractivity contribution is 5.95. The molecule has 2 N–H and O–H groups in total. The number of aliphatic hydroxyl groups is 1. The van der Waals surface area contributed by atoms with Crippen molar-refractivity contribution in [3.63, 3.8) is 0 Å². The van der Waals surface area contributed by atoms with Crippen LogP contribution in [0, 0.1) is 41.4 Å². The molecule has 2 aromatic carbocycles. The van der Waals surface area contributed by atoms with E-state index >= 15 is 0 Å². The van der Waals surface area contributed by atoms with Crippen molar-refractivity contribution in [3.8, 4) is 0 Å². The number of esters is 1. The summed E-state index contributed by atoms with van der Waals surface area (Å²) in [7, 11) is 0. The average Bonchev–Trinajstić information content (AvgIpc) is 4.05. The summed E-state index contributed by atoms with van der Waals surface area (Å²) in [4.78, 5) is 86.0. The number of ether oxygens (including phenoxy) is 1. The van der Waals surface area contributed by atoms with Gasteiger partial charge in [-0.3, -0.25) is 28.8 Å². The third kappa shape index (κ3) is 14.7. The topological polar surface area (TPSA) is 191 Å². The Morgan fingerprint density at radius 1 is 0.855 bits per heavy atom. The zero-order valence-corrected chi connectivity index (χ0v) is 43.0. The number of nitrogens with zero attached hydrogens (tertiary/aromatic N) is 5. The number of carbonyl (C=O) groups excluding carboxylic acids is 6. The third-order valence-corrected chi connectivity index (χ3v) is 14.4. The Morgan fingerprint density at radius 2 is 1.52 bits per heavy atom. The van der Waals surface area contributed by atoms with Gasteiger partial charge in [0, 0.05) is 44.6 Å². The number of aromatic nitrogens is 4. The van der Waals surface area contributed by atoms with E-state index in [9.17, 15) is 33.9 Å². The first kappa shape index (κ1) is 54.8. The van der Waals surface area contributed by atoms with E-state index < -0.39 is 58.8 Å². The average molecular weight is 953 g/mol. The van der Waals surface area contributed by atoms with E-state index in [1.165, 1.54) is 0 Å². The first-order chi connectivity index (χ1) is 32.6. The van der Waals surface area contributed by atoms with Gasteiger partial charge in [-0.25, -0.2) is 4.68 Å². The zero-order chi connectivity index (χ0) is 50.6. The minimum absolute atomic E-state index is 0.0302. The molecule has 14 nitrogen and oxygen atoms in total. The first-order valence-corrected chi connectivity index (χ1v) is 25.6. The standard InChI is InChI=1S/C55H80N6O8/c1-11-21-38(50(65)46(64)32-40(53(68)69-54(6,7)8)30-37-22-14-12-15-23-37)31-45(63)49-43-28-20-24-39(43)34-60(49)52(67)48(36(4)5)56-51(66)44(35(2)3)33-42(62)27-18-19-29-47-57-58-59-61(47)55(9,10)41-25-16-13-17-26-41/h12-17,22-23,25-26,35-36,38-40,43-44,48-50,65H,11,18-21,24,27-34H2,1-10H3,(H,56,66)/t38?,39?,40-,43-,44-,48-,49?,50?/m0/s1. The number of ketones is 3. The summed E-state index contributed by atoms with van der Waals surface area (Å²) < 4.78 is 7.54. The number of benzene rings is 2. The highest BCUT2D eigenvalue weighted by atomic mass is 16.6. The van der Waals surface area contributed by atoms with Crippen LogP contribution in [0.1, 0.15) is 157 Å². The predicted octanol–water partition coefficient (Wildman–Crippen LogP) is 8.06. The van der Waals surface area contributed by atoms with E-state index in [1.807, 2.05) is 100.0 Å². The maximum absolute atomic E-state index is 14.7. The normalized spacial score (nSPS) is 19.4. The lowest BCUT2D eigenvalue weighted by Crippen LogP contribution is -2.56. The van der Waals surface area contributed by atoms with E-state index in [0.29, 0.717) is 45.1 Å². The number of likely N-dealkylation sites (tertiary alicyclic amines) is 1. The quantitative estimate of drug-likeness (QED) is 0.0585. The van der Waals surface area contributed by atoms with Gasteiger partial charge in [0.15, 0.2) is 17.4 Å². The van der Waals surface area contributed by atoms with Crippen molar-refractivity contribution < 1.29 is 38.6 Å². The van der Waals surface area contributed by atoms with E-state index in [1.54, 1.807) is 25.7 Å². The first-order valence-electron chi connectivity index (χ1n) is 25.6. The number of fused-ring (bicyclic) bond motifs is 1. The van der Waals surface area contributed by atoms with Crippen molar-refractivity contribution in [1.29, 1.82) is 0 Å². The second-order valence-electron chi connectivity index (χ2n) is 22.0. The van der Waals surface area contributed by atoms with Crippen LogP contribution >= 0.6 is 0 Å². The lowest BCUT2D eigenvalue weighted by molar-refractivity contribution is -0.161. The van der Waals surface area contributed by atoms with Crippen LogP contribution in [0.3, 0.4) is 0 Å². The smallest absolute Gasteiger partial charge is 0.310 e. The van der Waals surface area contributed by atoms with Crippen LogP contribution in [0.2, 0.25) is 0 Å². The Kier molecular flexibility index (Phi) is 19.6. The van der Waals surface area contributed by atoms with Gasteiger partial charge < -0.3 is 20.1 Å². The maximum atomic E-state index is 14.7. The number of carbonyl (C=O) groups is 6. The van der Waals surface area contributed by atoms with E-state index in [-0.39, 0.29) is 72.7 Å². The van der Waals surface area contributed by atoms with Crippen LogP contribution in [-0.2, 0) is 51.9 Å². The number of Topliss-reactive ketones (excluding diaryl/α,β-unsaturated/α-hetero) is 3. The Morgan fingerprint density at radius 3 is 2.14 bits per heavy atom. The third-order valence-electron chi connectivity index (χ3n) is 14.4. The zero-order valence-electron chi connectivity index (χ0n) is 43.0. The maximum Gasteiger partial charge on any atom is 0.310 e. The summed E-state index contributed by atoms with van der Waals surface area (Å²) >= 11 is 0. The molecule has 1 saturated carbocycles. The van der Waals surface area contributed by atoms with Gasteiger partial charge in [0.1, 0.15) is 23.5 Å². The van der Waals surface area contributed by atoms with Gasteiger partial charge >= 0.3 is 5.97 Å². The largest absolute Gasteiger partial charge is 0.460 e. The Balaban J connectivity index is 1.22. The second-order valence-corrected chi connectivity index (χ2v) is 22.0. The molecule has 3 aromatic rings. The molecule has 1 aromatic heterocycles. The number of hydrogen-bond donors (Lipinski definition) is 2. The fourth-order valence-electron chi connectivity index (χ4n) is 10.5. The Bertz CT molecular complexity index is 2180. The molecule has 8 atom stereocenters. The summed E-state index contributed by atoms with van der Waals surface area (Å²) in [6, 6.07) is 17.7. The summed E-state index contributed by atoms with van der Waals surface area (Å²) in [5.41, 5.74) is 0.705. The number of amides is 2. The Hall–Kier alpha value is -5.11. The number of unbranched alkanes of at least 4 members (excludes halogenated alkanes) is 1. The van der Waals surface area contributed by atoms with Crippen LogP contribution < -0.4 is 5.32 Å². The minimum atomic E-state index is -1.49. The van der Waals surface area contributed by atoms with Crippen molar-refractivity contribution in [2.45, 2.75) is 182 Å². The number of rotatable bonds is 26. The summed E-state index contributed by atoms with van der Waals surface area (Å²) in [6.45, 7) is 19.3. The number of aryl methyl sites for hydroxylation is 1. The van der Waals surface area contributed by atoms with Crippen LogP contribution in [0.25, 0.3) is 0 Å². The molecule has 69 heavy (non-hydrogen) atoms. The van der Waals surface area contributed by atoms with Gasteiger partial charge in [-0.05, 0) is 124 Å². The molecular weight excluding hydrogens is 873 g/mol. The van der Waals surface area contributed by atoms with Crippen LogP contribution in [0.4, 0.5) is 0 Å². The molecule has 2 heterocycles. The van der Waals surface area contributed by atoms with Crippen molar-refractivity contribution >= 4 is 35.1 Å². The lowest BCUT2D eigenvalue weighted by atomic mass is 9.82. The molecular formula is C55H80N6O8. The van der Waals surface area contributed by atoms with Crippen LogP contribution in [0.5, 0.6) is 0 Å². The molecule has 14 heteroatoms. The van der Waals surface area contributed by atoms with E-state index in [2.05, 4.69) is 34.7 Å². The molecule has 1 aliphatic heterocycles. The predicted molar refractivity (Wildman–Crippen MR) is 264 cm³/mol. The Labute approximate surface area is 410 Å². The minimum Gasteiger partial charge on any atom is -0.460 e. The van der Waals surface area contributed by atoms with Crippen molar-refractivity contribution in [2.75, 3.05) is 6.54 Å². The van der Waals surface area contributed by atoms with Crippen LogP contribution in [-0.4, -0.2) is 95.7 Å². The van der Waals surface area contributed by atoms with Gasteiger partial charge in [-0.2, -0.15) is 0 Å². The van der Waals surface area contributed by atoms with Gasteiger partial charge in [0.25, 0.3) is 0 Å². The van der Waals surface area contributed by atoms with E-state index in [0.717, 1.165) is 36.2 Å². The fourth-order valence-corrected chi connectivity index (χ4v) is 10.5. The van der Waals surface area contributed by atoms with Crippen LogP contribution in [0.15, 0.2) is 60.7 Å². The second kappa shape index (κ2) is 24.6. The molecule has 2 aliphatic rings. The molecule has 0 radical (unpaired) electrons. The number of hydrogen-bond acceptors (Lipinski definition) is 11. The van der Waals surface area contributed by atoms with Gasteiger partial charge in [0.2, 0.25) is 11.8 Å². The molecule has 2 fully saturated rings. The molecule has 1 aliphatic carbocycles. The number of aliphatic hydroxyl groups excluding tert-OH is 1.